The predicted molar refractivity (Wildman–Crippen MR) is 87.1 cm³/mol. The van der Waals surface area contributed by atoms with Crippen molar-refractivity contribution in [1.29, 1.82) is 0 Å². The van der Waals surface area contributed by atoms with E-state index < -0.39 is 0 Å². The Kier molecular flexibility index (Phi) is 4.56. The third kappa shape index (κ3) is 3.20. The van der Waals surface area contributed by atoms with Crippen LogP contribution in [0.2, 0.25) is 0 Å². The van der Waals surface area contributed by atoms with Crippen molar-refractivity contribution < 1.29 is 4.74 Å². The lowest BCUT2D eigenvalue weighted by molar-refractivity contribution is 0.409. The Morgan fingerprint density at radius 2 is 2.00 bits per heavy atom. The number of aryl methyl sites for hydroxylation is 2. The number of nitrogens with one attached hydrogen (secondary N) is 1. The summed E-state index contributed by atoms with van der Waals surface area (Å²) in [6, 6.07) is 4.19. The Morgan fingerprint density at radius 1 is 1.29 bits per heavy atom. The standard InChI is InChI=1S/C17H25N3O/c1-11(2)16-14(10-20(5)19-16)9-18-15-8-7-12(3)17(21-6)13(15)4/h7-8,10-11,18H,9H2,1-6H3. The maximum atomic E-state index is 5.48. The van der Waals surface area contributed by atoms with Crippen molar-refractivity contribution in [1.82, 2.24) is 9.78 Å². The molecule has 1 aromatic heterocycles. The lowest BCUT2D eigenvalue weighted by atomic mass is 10.1. The van der Waals surface area contributed by atoms with Crippen molar-refractivity contribution in [3.05, 3.63) is 40.7 Å². The molecule has 1 heterocycles. The zero-order valence-electron chi connectivity index (χ0n) is 13.8. The van der Waals surface area contributed by atoms with Crippen molar-refractivity contribution in [3.8, 4) is 5.75 Å². The first-order valence-electron chi connectivity index (χ1n) is 7.34. The third-order valence-electron chi connectivity index (χ3n) is 3.76. The van der Waals surface area contributed by atoms with Gasteiger partial charge in [-0.1, -0.05) is 19.9 Å². The highest BCUT2D eigenvalue weighted by Gasteiger charge is 2.12. The fourth-order valence-corrected chi connectivity index (χ4v) is 2.70. The van der Waals surface area contributed by atoms with Crippen LogP contribution in [0.15, 0.2) is 18.3 Å². The summed E-state index contributed by atoms with van der Waals surface area (Å²) in [6.07, 6.45) is 2.09. The molecule has 0 aliphatic carbocycles. The smallest absolute Gasteiger partial charge is 0.126 e. The van der Waals surface area contributed by atoms with E-state index in [9.17, 15) is 0 Å². The number of ether oxygens (including phenoxy) is 1. The first kappa shape index (κ1) is 15.4. The number of hydrogen-bond donors (Lipinski definition) is 1. The Balaban J connectivity index is 2.21. The van der Waals surface area contributed by atoms with Gasteiger partial charge in [0.05, 0.1) is 12.8 Å². The van der Waals surface area contributed by atoms with E-state index in [1.807, 2.05) is 11.7 Å². The number of methoxy groups -OCH3 is 1. The molecule has 0 fully saturated rings. The van der Waals surface area contributed by atoms with Gasteiger partial charge >= 0.3 is 0 Å². The summed E-state index contributed by atoms with van der Waals surface area (Å²) in [5, 5.41) is 8.05. The molecule has 2 rings (SSSR count). The molecule has 0 saturated carbocycles. The number of hydrogen-bond acceptors (Lipinski definition) is 3. The molecule has 1 N–H and O–H groups in total. The van der Waals surface area contributed by atoms with Gasteiger partial charge in [0.25, 0.3) is 0 Å². The number of rotatable bonds is 5. The fourth-order valence-electron chi connectivity index (χ4n) is 2.70. The molecule has 0 spiro atoms. The van der Waals surface area contributed by atoms with E-state index in [-0.39, 0.29) is 0 Å². The molecule has 1 aromatic carbocycles. The second kappa shape index (κ2) is 6.20. The molecule has 0 bridgehead atoms. The van der Waals surface area contributed by atoms with E-state index in [1.54, 1.807) is 7.11 Å². The SMILES string of the molecule is COc1c(C)ccc(NCc2cn(C)nc2C(C)C)c1C. The van der Waals surface area contributed by atoms with Crippen LogP contribution in [-0.4, -0.2) is 16.9 Å². The summed E-state index contributed by atoms with van der Waals surface area (Å²) < 4.78 is 7.36. The van der Waals surface area contributed by atoms with Crippen molar-refractivity contribution in [3.63, 3.8) is 0 Å². The molecular weight excluding hydrogens is 262 g/mol. The lowest BCUT2D eigenvalue weighted by Crippen LogP contribution is -2.05. The number of aromatic nitrogens is 2. The van der Waals surface area contributed by atoms with Crippen LogP contribution in [0.1, 0.15) is 42.1 Å². The van der Waals surface area contributed by atoms with Crippen LogP contribution in [-0.2, 0) is 13.6 Å². The minimum Gasteiger partial charge on any atom is -0.496 e. The maximum Gasteiger partial charge on any atom is 0.126 e. The third-order valence-corrected chi connectivity index (χ3v) is 3.76. The van der Waals surface area contributed by atoms with Crippen LogP contribution in [0.4, 0.5) is 5.69 Å². The molecule has 21 heavy (non-hydrogen) atoms. The van der Waals surface area contributed by atoms with Gasteiger partial charge in [0, 0.05) is 36.6 Å². The van der Waals surface area contributed by atoms with E-state index in [1.165, 1.54) is 5.56 Å². The largest absolute Gasteiger partial charge is 0.496 e. The van der Waals surface area contributed by atoms with Crippen LogP contribution in [0.5, 0.6) is 5.75 Å². The summed E-state index contributed by atoms with van der Waals surface area (Å²) >= 11 is 0. The molecule has 0 aliphatic rings. The van der Waals surface area contributed by atoms with Crippen LogP contribution in [0, 0.1) is 13.8 Å². The normalized spacial score (nSPS) is 11.0. The number of nitrogens with zero attached hydrogens (tertiary/aromatic N) is 2. The first-order valence-corrected chi connectivity index (χ1v) is 7.34. The van der Waals surface area contributed by atoms with Crippen molar-refractivity contribution in [2.24, 2.45) is 7.05 Å². The molecule has 114 valence electrons. The highest BCUT2D eigenvalue weighted by Crippen LogP contribution is 2.29. The van der Waals surface area contributed by atoms with E-state index >= 15 is 0 Å². The van der Waals surface area contributed by atoms with Crippen LogP contribution in [0.3, 0.4) is 0 Å². The fraction of sp³-hybridized carbons (Fsp3) is 0.471. The van der Waals surface area contributed by atoms with Crippen LogP contribution in [0.25, 0.3) is 0 Å². The molecule has 0 unspecified atom stereocenters. The Morgan fingerprint density at radius 3 is 2.62 bits per heavy atom. The maximum absolute atomic E-state index is 5.48. The molecule has 0 radical (unpaired) electrons. The number of benzene rings is 1. The van der Waals surface area contributed by atoms with E-state index in [2.05, 4.69) is 56.4 Å². The van der Waals surface area contributed by atoms with Gasteiger partial charge in [0.2, 0.25) is 0 Å². The van der Waals surface area contributed by atoms with Gasteiger partial charge in [0.1, 0.15) is 5.75 Å². The topological polar surface area (TPSA) is 39.1 Å². The van der Waals surface area contributed by atoms with Crippen LogP contribution >= 0.6 is 0 Å². The molecule has 0 saturated heterocycles. The van der Waals surface area contributed by atoms with Crippen molar-refractivity contribution in [2.45, 2.75) is 40.2 Å². The number of anilines is 1. The Hall–Kier alpha value is -1.97. The minimum atomic E-state index is 0.427. The van der Waals surface area contributed by atoms with Crippen LogP contribution < -0.4 is 10.1 Å². The van der Waals surface area contributed by atoms with Gasteiger partial charge in [0.15, 0.2) is 0 Å². The van der Waals surface area contributed by atoms with E-state index in [0.29, 0.717) is 5.92 Å². The predicted octanol–water partition coefficient (Wildman–Crippen LogP) is 3.78. The zero-order valence-corrected chi connectivity index (χ0v) is 13.8. The highest BCUT2D eigenvalue weighted by atomic mass is 16.5. The summed E-state index contributed by atoms with van der Waals surface area (Å²) in [4.78, 5) is 0. The Labute approximate surface area is 127 Å². The van der Waals surface area contributed by atoms with Gasteiger partial charge in [-0.3, -0.25) is 4.68 Å². The van der Waals surface area contributed by atoms with Gasteiger partial charge < -0.3 is 10.1 Å². The second-order valence-corrected chi connectivity index (χ2v) is 5.81. The molecule has 0 atom stereocenters. The average Bonchev–Trinajstić information content (AvgIpc) is 2.80. The monoisotopic (exact) mass is 287 g/mol. The van der Waals surface area contributed by atoms with Gasteiger partial charge in [-0.25, -0.2) is 0 Å². The molecule has 2 aromatic rings. The zero-order chi connectivity index (χ0) is 15.6. The summed E-state index contributed by atoms with van der Waals surface area (Å²) in [7, 11) is 3.69. The van der Waals surface area contributed by atoms with Gasteiger partial charge in [-0.05, 0) is 31.4 Å². The molecule has 0 amide bonds. The molecular formula is C17H25N3O. The minimum absolute atomic E-state index is 0.427. The quantitative estimate of drug-likeness (QED) is 0.909. The highest BCUT2D eigenvalue weighted by molar-refractivity contribution is 5.59. The Bertz CT molecular complexity index is 629. The molecule has 4 heteroatoms. The van der Waals surface area contributed by atoms with E-state index in [4.69, 9.17) is 4.74 Å². The second-order valence-electron chi connectivity index (χ2n) is 5.81. The van der Waals surface area contributed by atoms with E-state index in [0.717, 1.165) is 34.8 Å². The summed E-state index contributed by atoms with van der Waals surface area (Å²) in [5.74, 6) is 1.38. The molecule has 0 aliphatic heterocycles. The van der Waals surface area contributed by atoms with Gasteiger partial charge in [-0.2, -0.15) is 5.10 Å². The van der Waals surface area contributed by atoms with Crippen molar-refractivity contribution >= 4 is 5.69 Å². The van der Waals surface area contributed by atoms with Crippen molar-refractivity contribution in [2.75, 3.05) is 12.4 Å². The van der Waals surface area contributed by atoms with Gasteiger partial charge in [-0.15, -0.1) is 0 Å². The summed E-state index contributed by atoms with van der Waals surface area (Å²) in [6.45, 7) is 9.26. The summed E-state index contributed by atoms with van der Waals surface area (Å²) in [5.41, 5.74) is 5.81. The lowest BCUT2D eigenvalue weighted by Gasteiger charge is -2.15. The first-order chi connectivity index (χ1) is 9.93. The molecule has 4 nitrogen and oxygen atoms in total. The average molecular weight is 287 g/mol.